The Morgan fingerprint density at radius 1 is 0.656 bits per heavy atom. The molecule has 1 aromatic rings. The van der Waals surface area contributed by atoms with Crippen molar-refractivity contribution in [2.45, 2.75) is 26.9 Å². The smallest absolute Gasteiger partial charge is 0.323 e. The maximum atomic E-state index is 12.8. The van der Waals surface area contributed by atoms with E-state index in [1.54, 1.807) is 21.3 Å². The molecule has 1 aromatic carbocycles. The number of hydrogen-bond acceptors (Lipinski definition) is 8. The molecule has 0 aliphatic carbocycles. The van der Waals surface area contributed by atoms with E-state index < -0.39 is 22.5 Å². The van der Waals surface area contributed by atoms with E-state index in [-0.39, 0.29) is 23.0 Å². The van der Waals surface area contributed by atoms with E-state index >= 15 is 0 Å². The molecule has 4 aliphatic heterocycles. The van der Waals surface area contributed by atoms with Crippen molar-refractivity contribution in [2.24, 2.45) is 14.1 Å². The lowest BCUT2D eigenvalue weighted by atomic mass is 10.2. The average Bonchev–Trinajstić information content (AvgIpc) is 2.79. The maximum Gasteiger partial charge on any atom is 0.352 e. The van der Waals surface area contributed by atoms with E-state index in [2.05, 4.69) is 19.9 Å². The van der Waals surface area contributed by atoms with Crippen LogP contribution >= 0.6 is 0 Å². The van der Waals surface area contributed by atoms with Crippen LogP contribution in [0.1, 0.15) is 13.8 Å². The summed E-state index contributed by atoms with van der Waals surface area (Å²) in [5.41, 5.74) is -0.444. The number of hydrogen-bond donors (Lipinski definition) is 0. The molecule has 162 valence electrons. The first kappa shape index (κ1) is 19.7. The van der Waals surface area contributed by atoms with Gasteiger partial charge in [0.2, 0.25) is 0 Å². The van der Waals surface area contributed by atoms with E-state index in [0.29, 0.717) is 35.2 Å². The van der Waals surface area contributed by atoms with Gasteiger partial charge in [0.1, 0.15) is 11.0 Å². The Hall–Kier alpha value is -4.22. The van der Waals surface area contributed by atoms with E-state index in [4.69, 9.17) is 0 Å². The van der Waals surface area contributed by atoms with Gasteiger partial charge in [-0.3, -0.25) is 18.7 Å². The zero-order valence-corrected chi connectivity index (χ0v) is 17.8. The third-order valence-electron chi connectivity index (χ3n) is 5.70. The molecule has 12 nitrogen and oxygen atoms in total. The highest BCUT2D eigenvalue weighted by Crippen LogP contribution is 2.29. The number of benzene rings is 1. The van der Waals surface area contributed by atoms with Crippen LogP contribution in [0.3, 0.4) is 0 Å². The SMILES string of the molecule is CCn1c2nc(=O)n(C)c(=O)c-2nc2c3nc4c(=O)n(C)c(=O)nc-4n(CC)c3ccc21. The second kappa shape index (κ2) is 6.64. The topological polar surface area (TPSA) is 140 Å². The molecule has 0 unspecified atom stereocenters. The summed E-state index contributed by atoms with van der Waals surface area (Å²) in [6.07, 6.45) is 0. The molecule has 0 saturated carbocycles. The largest absolute Gasteiger partial charge is 0.352 e. The van der Waals surface area contributed by atoms with Crippen LogP contribution in [-0.2, 0) is 27.2 Å². The molecule has 12 heteroatoms. The molecule has 0 saturated heterocycles. The van der Waals surface area contributed by atoms with Gasteiger partial charge >= 0.3 is 11.4 Å². The Bertz CT molecular complexity index is 1630. The molecule has 0 spiro atoms. The zero-order chi connectivity index (χ0) is 22.9. The predicted octanol–water partition coefficient (Wildman–Crippen LogP) is -0.457. The molecule has 0 aromatic heterocycles. The summed E-state index contributed by atoms with van der Waals surface area (Å²) in [4.78, 5) is 67.0. The fourth-order valence-corrected chi connectivity index (χ4v) is 4.00. The molecule has 4 aliphatic rings. The Balaban J connectivity index is 2.11. The summed E-state index contributed by atoms with van der Waals surface area (Å²) in [5.74, 6) is 0.371. The van der Waals surface area contributed by atoms with Gasteiger partial charge in [-0.15, -0.1) is 0 Å². The van der Waals surface area contributed by atoms with Crippen LogP contribution in [0, 0.1) is 0 Å². The second-order valence-electron chi connectivity index (χ2n) is 7.37. The van der Waals surface area contributed by atoms with Crippen LogP contribution in [0.25, 0.3) is 45.1 Å². The predicted molar refractivity (Wildman–Crippen MR) is 116 cm³/mol. The lowest BCUT2D eigenvalue weighted by Gasteiger charge is -2.19. The number of nitrogens with zero attached hydrogens (tertiary/aromatic N) is 8. The van der Waals surface area contributed by atoms with Crippen molar-refractivity contribution < 1.29 is 0 Å². The summed E-state index contributed by atoms with van der Waals surface area (Å²) >= 11 is 0. The fraction of sp³-hybridized carbons (Fsp3) is 0.300. The van der Waals surface area contributed by atoms with Crippen molar-refractivity contribution >= 4 is 22.1 Å². The van der Waals surface area contributed by atoms with Crippen molar-refractivity contribution in [1.82, 2.24) is 38.2 Å². The summed E-state index contributed by atoms with van der Waals surface area (Å²) in [6.45, 7) is 4.57. The number of aryl methyl sites for hydroxylation is 2. The lowest BCUT2D eigenvalue weighted by molar-refractivity contribution is 0.713. The minimum atomic E-state index is -0.664. The van der Waals surface area contributed by atoms with E-state index in [9.17, 15) is 19.2 Å². The quantitative estimate of drug-likeness (QED) is 0.269. The molecular weight excluding hydrogens is 416 g/mol. The highest BCUT2D eigenvalue weighted by molar-refractivity contribution is 6.02. The standard InChI is InChI=1S/C20H18N8O4/c1-5-27-9-7-8-10-12(11(9)21-13-15(27)23-19(31)25(3)17(13)29)22-14-16(28(10)6-2)24-20(32)26(4)18(14)30/h7-8H,5-6H2,1-4H3. The summed E-state index contributed by atoms with van der Waals surface area (Å²) < 4.78 is 5.24. The molecule has 32 heavy (non-hydrogen) atoms. The van der Waals surface area contributed by atoms with Gasteiger partial charge in [0.05, 0.1) is 11.0 Å². The highest BCUT2D eigenvalue weighted by atomic mass is 16.2. The molecule has 4 heterocycles. The lowest BCUT2D eigenvalue weighted by Crippen LogP contribution is -2.37. The first-order valence-corrected chi connectivity index (χ1v) is 10.00. The summed E-state index contributed by atoms with van der Waals surface area (Å²) in [7, 11) is 2.68. The van der Waals surface area contributed by atoms with E-state index in [1.807, 2.05) is 13.8 Å². The fourth-order valence-electron chi connectivity index (χ4n) is 4.00. The van der Waals surface area contributed by atoms with Crippen LogP contribution in [-0.4, -0.2) is 38.2 Å². The van der Waals surface area contributed by atoms with Crippen LogP contribution in [0.4, 0.5) is 0 Å². The molecule has 0 atom stereocenters. The number of aromatic nitrogens is 8. The highest BCUT2D eigenvalue weighted by Gasteiger charge is 2.24. The molecule has 5 rings (SSSR count). The van der Waals surface area contributed by atoms with Crippen molar-refractivity contribution in [1.29, 1.82) is 0 Å². The van der Waals surface area contributed by atoms with Crippen molar-refractivity contribution in [3.05, 3.63) is 53.8 Å². The zero-order valence-electron chi connectivity index (χ0n) is 17.8. The Kier molecular flexibility index (Phi) is 4.09. The van der Waals surface area contributed by atoms with Crippen LogP contribution < -0.4 is 22.5 Å². The van der Waals surface area contributed by atoms with Crippen molar-refractivity contribution in [2.75, 3.05) is 0 Å². The summed E-state index contributed by atoms with van der Waals surface area (Å²) in [6, 6.07) is 3.58. The van der Waals surface area contributed by atoms with E-state index in [0.717, 1.165) is 9.13 Å². The first-order chi connectivity index (χ1) is 15.3. The Morgan fingerprint density at radius 3 is 1.38 bits per heavy atom. The maximum absolute atomic E-state index is 12.8. The van der Waals surface area contributed by atoms with Gasteiger partial charge in [-0.2, -0.15) is 9.97 Å². The van der Waals surface area contributed by atoms with E-state index in [1.165, 1.54) is 14.1 Å². The van der Waals surface area contributed by atoms with Crippen LogP contribution in [0.2, 0.25) is 0 Å². The van der Waals surface area contributed by atoms with Gasteiger partial charge in [0, 0.05) is 27.2 Å². The second-order valence-corrected chi connectivity index (χ2v) is 7.37. The van der Waals surface area contributed by atoms with Crippen LogP contribution in [0.15, 0.2) is 31.3 Å². The van der Waals surface area contributed by atoms with Gasteiger partial charge < -0.3 is 9.13 Å². The van der Waals surface area contributed by atoms with Gasteiger partial charge in [-0.25, -0.2) is 19.6 Å². The van der Waals surface area contributed by atoms with Gasteiger partial charge in [0.15, 0.2) is 23.0 Å². The monoisotopic (exact) mass is 434 g/mol. The van der Waals surface area contributed by atoms with Gasteiger partial charge in [-0.1, -0.05) is 0 Å². The van der Waals surface area contributed by atoms with Crippen molar-refractivity contribution in [3.63, 3.8) is 0 Å². The number of rotatable bonds is 2. The molecule has 0 radical (unpaired) electrons. The third kappa shape index (κ3) is 2.43. The number of fused-ring (bicyclic) bond motifs is 5. The minimum Gasteiger partial charge on any atom is -0.323 e. The molecule has 0 N–H and O–H groups in total. The van der Waals surface area contributed by atoms with Gasteiger partial charge in [0.25, 0.3) is 11.1 Å². The minimum absolute atomic E-state index is 0.0276. The third-order valence-corrected chi connectivity index (χ3v) is 5.70. The Labute approximate surface area is 178 Å². The first-order valence-electron chi connectivity index (χ1n) is 10.00. The Morgan fingerprint density at radius 2 is 1.03 bits per heavy atom. The molecular formula is C20H18N8O4. The van der Waals surface area contributed by atoms with Crippen LogP contribution in [0.5, 0.6) is 0 Å². The summed E-state index contributed by atoms with van der Waals surface area (Å²) in [5, 5.41) is 0. The van der Waals surface area contributed by atoms with Crippen molar-refractivity contribution in [3.8, 4) is 23.0 Å². The van der Waals surface area contributed by atoms with Gasteiger partial charge in [-0.05, 0) is 26.0 Å². The molecule has 0 bridgehead atoms. The molecule has 0 fully saturated rings. The molecule has 0 amide bonds. The normalized spacial score (nSPS) is 11.9. The average molecular weight is 434 g/mol.